The maximum Gasteiger partial charge on any atom is 0.335 e. The Balaban J connectivity index is 2.04. The molecule has 0 radical (unpaired) electrons. The molecule has 2 aromatic rings. The number of nitrogens with zero attached hydrogens (tertiary/aromatic N) is 1. The lowest BCUT2D eigenvalue weighted by atomic mass is 9.66. The maximum atomic E-state index is 11.3. The molecule has 0 aromatic heterocycles. The standard InChI is InChI=1S/C24H31NO2/c1-23(2)15-20(16-24(3,4)25(23)5)21(17-9-7-6-8-10-17)18-11-13-19(14-12-18)22(26)27/h6-14,20-21H,15-16H2,1-5H3,(H,26,27). The summed E-state index contributed by atoms with van der Waals surface area (Å²) < 4.78 is 0. The average molecular weight is 366 g/mol. The fourth-order valence-electron chi connectivity index (χ4n) is 4.91. The highest BCUT2D eigenvalue weighted by atomic mass is 16.4. The number of carboxylic acid groups (broad SMARTS) is 1. The molecule has 0 saturated carbocycles. The Morgan fingerprint density at radius 2 is 1.41 bits per heavy atom. The summed E-state index contributed by atoms with van der Waals surface area (Å²) in [6.45, 7) is 9.32. The van der Waals surface area contributed by atoms with Crippen molar-refractivity contribution in [1.29, 1.82) is 0 Å². The van der Waals surface area contributed by atoms with Gasteiger partial charge in [0.2, 0.25) is 0 Å². The Labute approximate surface area is 163 Å². The molecule has 1 N–H and O–H groups in total. The molecule has 144 valence electrons. The Bertz CT molecular complexity index is 775. The largest absolute Gasteiger partial charge is 0.478 e. The molecule has 1 aliphatic heterocycles. The first-order chi connectivity index (χ1) is 12.6. The van der Waals surface area contributed by atoms with Crippen molar-refractivity contribution in [3.8, 4) is 0 Å². The number of hydrogen-bond donors (Lipinski definition) is 1. The highest BCUT2D eigenvalue weighted by Gasteiger charge is 2.45. The number of rotatable bonds is 4. The van der Waals surface area contributed by atoms with E-state index in [9.17, 15) is 9.90 Å². The number of likely N-dealkylation sites (tertiary alicyclic amines) is 1. The van der Waals surface area contributed by atoms with E-state index in [1.165, 1.54) is 11.1 Å². The highest BCUT2D eigenvalue weighted by Crippen LogP contribution is 2.47. The number of aromatic carboxylic acids is 1. The van der Waals surface area contributed by atoms with Gasteiger partial charge in [-0.1, -0.05) is 42.5 Å². The minimum Gasteiger partial charge on any atom is -0.478 e. The molecular formula is C24H31NO2. The monoisotopic (exact) mass is 365 g/mol. The Morgan fingerprint density at radius 1 is 0.926 bits per heavy atom. The Morgan fingerprint density at radius 3 is 1.89 bits per heavy atom. The van der Waals surface area contributed by atoms with E-state index >= 15 is 0 Å². The van der Waals surface area contributed by atoms with Gasteiger partial charge in [-0.25, -0.2) is 4.79 Å². The van der Waals surface area contributed by atoms with Crippen LogP contribution in [-0.2, 0) is 0 Å². The van der Waals surface area contributed by atoms with Crippen LogP contribution in [-0.4, -0.2) is 34.1 Å². The van der Waals surface area contributed by atoms with Crippen molar-refractivity contribution in [2.75, 3.05) is 7.05 Å². The van der Waals surface area contributed by atoms with E-state index in [-0.39, 0.29) is 17.0 Å². The third kappa shape index (κ3) is 3.93. The van der Waals surface area contributed by atoms with Crippen LogP contribution in [0, 0.1) is 5.92 Å². The first-order valence-corrected chi connectivity index (χ1v) is 9.74. The third-order valence-electron chi connectivity index (χ3n) is 6.49. The van der Waals surface area contributed by atoms with E-state index < -0.39 is 5.97 Å². The molecule has 3 nitrogen and oxygen atoms in total. The second-order valence-corrected chi connectivity index (χ2v) is 9.17. The fraction of sp³-hybridized carbons (Fsp3) is 0.458. The number of hydrogen-bond acceptors (Lipinski definition) is 2. The van der Waals surface area contributed by atoms with Crippen LogP contribution < -0.4 is 0 Å². The summed E-state index contributed by atoms with van der Waals surface area (Å²) in [4.78, 5) is 13.8. The van der Waals surface area contributed by atoms with Crippen molar-refractivity contribution in [2.24, 2.45) is 5.92 Å². The smallest absolute Gasteiger partial charge is 0.335 e. The topological polar surface area (TPSA) is 40.5 Å². The van der Waals surface area contributed by atoms with E-state index in [4.69, 9.17) is 0 Å². The zero-order valence-electron chi connectivity index (χ0n) is 17.1. The van der Waals surface area contributed by atoms with E-state index in [0.29, 0.717) is 11.5 Å². The van der Waals surface area contributed by atoms with E-state index in [2.05, 4.69) is 70.0 Å². The number of carboxylic acids is 1. The second kappa shape index (κ2) is 7.12. The normalized spacial score (nSPS) is 20.9. The molecule has 1 fully saturated rings. The van der Waals surface area contributed by atoms with Crippen molar-refractivity contribution in [3.63, 3.8) is 0 Å². The van der Waals surface area contributed by atoms with Gasteiger partial charge in [0.1, 0.15) is 0 Å². The van der Waals surface area contributed by atoms with Gasteiger partial charge in [-0.05, 0) is 76.8 Å². The minimum atomic E-state index is -0.876. The molecule has 0 amide bonds. The van der Waals surface area contributed by atoms with Crippen molar-refractivity contribution >= 4 is 5.97 Å². The van der Waals surface area contributed by atoms with Gasteiger partial charge in [0, 0.05) is 17.0 Å². The summed E-state index contributed by atoms with van der Waals surface area (Å²) >= 11 is 0. The van der Waals surface area contributed by atoms with Crippen molar-refractivity contribution in [2.45, 2.75) is 57.5 Å². The van der Waals surface area contributed by atoms with Gasteiger partial charge >= 0.3 is 5.97 Å². The maximum absolute atomic E-state index is 11.3. The number of piperidine rings is 1. The molecule has 1 aliphatic rings. The zero-order chi connectivity index (χ0) is 19.8. The van der Waals surface area contributed by atoms with Gasteiger partial charge in [-0.15, -0.1) is 0 Å². The van der Waals surface area contributed by atoms with E-state index in [1.807, 2.05) is 12.1 Å². The molecule has 1 saturated heterocycles. The number of benzene rings is 2. The summed E-state index contributed by atoms with van der Waals surface area (Å²) in [5.74, 6) is -0.120. The van der Waals surface area contributed by atoms with Gasteiger partial charge in [0.05, 0.1) is 5.56 Å². The molecular weight excluding hydrogens is 334 g/mol. The molecule has 3 heteroatoms. The lowest BCUT2D eigenvalue weighted by Crippen LogP contribution is -2.59. The van der Waals surface area contributed by atoms with Crippen LogP contribution in [0.2, 0.25) is 0 Å². The fourth-order valence-corrected chi connectivity index (χ4v) is 4.91. The quantitative estimate of drug-likeness (QED) is 0.787. The molecule has 0 bridgehead atoms. The molecule has 1 unspecified atom stereocenters. The van der Waals surface area contributed by atoms with Crippen LogP contribution in [0.25, 0.3) is 0 Å². The van der Waals surface area contributed by atoms with Crippen LogP contribution in [0.15, 0.2) is 54.6 Å². The summed E-state index contributed by atoms with van der Waals surface area (Å²) in [5.41, 5.74) is 3.07. The van der Waals surface area contributed by atoms with Gasteiger partial charge in [0.25, 0.3) is 0 Å². The van der Waals surface area contributed by atoms with Crippen molar-refractivity contribution in [1.82, 2.24) is 4.90 Å². The zero-order valence-corrected chi connectivity index (χ0v) is 17.1. The molecule has 0 aliphatic carbocycles. The molecule has 1 atom stereocenters. The summed E-state index contributed by atoms with van der Waals surface area (Å²) in [6.07, 6.45) is 2.21. The molecule has 2 aromatic carbocycles. The lowest BCUT2D eigenvalue weighted by Gasteiger charge is -2.55. The minimum absolute atomic E-state index is 0.112. The summed E-state index contributed by atoms with van der Waals surface area (Å²) in [6, 6.07) is 18.1. The van der Waals surface area contributed by atoms with Crippen LogP contribution in [0.1, 0.15) is 67.9 Å². The predicted octanol–water partition coefficient (Wildman–Crippen LogP) is 5.42. The van der Waals surface area contributed by atoms with Gasteiger partial charge in [-0.2, -0.15) is 0 Å². The average Bonchev–Trinajstić information content (AvgIpc) is 2.61. The highest BCUT2D eigenvalue weighted by molar-refractivity contribution is 5.87. The van der Waals surface area contributed by atoms with Crippen molar-refractivity contribution in [3.05, 3.63) is 71.3 Å². The van der Waals surface area contributed by atoms with Crippen LogP contribution in [0.5, 0.6) is 0 Å². The number of carbonyl (C=O) groups is 1. The van der Waals surface area contributed by atoms with Crippen LogP contribution >= 0.6 is 0 Å². The summed E-state index contributed by atoms with van der Waals surface area (Å²) in [7, 11) is 2.23. The molecule has 27 heavy (non-hydrogen) atoms. The Kier molecular flexibility index (Phi) is 5.18. The van der Waals surface area contributed by atoms with Gasteiger partial charge in [-0.3, -0.25) is 4.90 Å². The summed E-state index contributed by atoms with van der Waals surface area (Å²) in [5, 5.41) is 9.24. The molecule has 1 heterocycles. The van der Waals surface area contributed by atoms with Crippen molar-refractivity contribution < 1.29 is 9.90 Å². The first-order valence-electron chi connectivity index (χ1n) is 9.74. The second-order valence-electron chi connectivity index (χ2n) is 9.17. The molecule has 3 rings (SSSR count). The lowest BCUT2D eigenvalue weighted by molar-refractivity contribution is -0.0334. The van der Waals surface area contributed by atoms with Gasteiger partial charge in [0.15, 0.2) is 0 Å². The van der Waals surface area contributed by atoms with Crippen LogP contribution in [0.3, 0.4) is 0 Å². The van der Waals surface area contributed by atoms with Gasteiger partial charge < -0.3 is 5.11 Å². The SMILES string of the molecule is CN1C(C)(C)CC(C(c2ccccc2)c2ccc(C(=O)O)cc2)CC1(C)C. The Hall–Kier alpha value is -2.13. The predicted molar refractivity (Wildman–Crippen MR) is 110 cm³/mol. The van der Waals surface area contributed by atoms with Crippen LogP contribution in [0.4, 0.5) is 0 Å². The molecule has 0 spiro atoms. The van der Waals surface area contributed by atoms with E-state index in [0.717, 1.165) is 12.8 Å². The first kappa shape index (κ1) is 19.6. The third-order valence-corrected chi connectivity index (χ3v) is 6.49. The van der Waals surface area contributed by atoms with E-state index in [1.54, 1.807) is 12.1 Å².